The van der Waals surface area contributed by atoms with Crippen LogP contribution in [-0.2, 0) is 11.8 Å². The number of rotatable bonds is 20. The van der Waals surface area contributed by atoms with Gasteiger partial charge in [-0.3, -0.25) is 0 Å². The molecule has 2 aromatic carbocycles. The molecule has 0 spiro atoms. The molecule has 0 aliphatic heterocycles. The molecule has 5 heteroatoms. The van der Waals surface area contributed by atoms with E-state index < -0.39 is 5.41 Å². The number of hydrogen-bond acceptors (Lipinski definition) is 5. The van der Waals surface area contributed by atoms with Crippen LogP contribution in [0.25, 0.3) is 0 Å². The topological polar surface area (TPSA) is 67.0 Å². The summed E-state index contributed by atoms with van der Waals surface area (Å²) in [4.78, 5) is 0. The Labute approximate surface area is 238 Å². The number of unbranched alkanes of at least 4 members (excludes halogenated alkanes) is 4. The first-order valence-electron chi connectivity index (χ1n) is 15.0. The largest absolute Gasteiger partial charge is 0.497 e. The fourth-order valence-corrected chi connectivity index (χ4v) is 5.82. The molecule has 2 rings (SSSR count). The van der Waals surface area contributed by atoms with Gasteiger partial charge in [-0.25, -0.2) is 0 Å². The third-order valence-corrected chi connectivity index (χ3v) is 8.08. The Morgan fingerprint density at radius 1 is 0.821 bits per heavy atom. The van der Waals surface area contributed by atoms with Crippen molar-refractivity contribution in [2.75, 3.05) is 21.3 Å². The van der Waals surface area contributed by atoms with Gasteiger partial charge in [-0.05, 0) is 86.3 Å². The van der Waals surface area contributed by atoms with Gasteiger partial charge in [-0.2, -0.15) is 15.5 Å². The fourth-order valence-electron chi connectivity index (χ4n) is 5.82. The van der Waals surface area contributed by atoms with E-state index in [4.69, 9.17) is 9.47 Å². The van der Waals surface area contributed by atoms with Gasteiger partial charge in [-0.15, -0.1) is 0 Å². The first-order chi connectivity index (χ1) is 19.1. The van der Waals surface area contributed by atoms with Gasteiger partial charge in [0.2, 0.25) is 0 Å². The van der Waals surface area contributed by atoms with Crippen LogP contribution in [0.1, 0.15) is 102 Å². The highest BCUT2D eigenvalue weighted by molar-refractivity contribution is 5.39. The Bertz CT molecular complexity index is 1010. The minimum Gasteiger partial charge on any atom is -0.497 e. The molecule has 39 heavy (non-hydrogen) atoms. The number of methoxy groups -OCH3 is 2. The average molecular weight is 534 g/mol. The normalized spacial score (nSPS) is 13.8. The van der Waals surface area contributed by atoms with E-state index >= 15 is 0 Å². The lowest BCUT2D eigenvalue weighted by atomic mass is 9.64. The maximum atomic E-state index is 10.9. The maximum Gasteiger partial charge on any atom is 0.119 e. The van der Waals surface area contributed by atoms with Crippen molar-refractivity contribution in [3.63, 3.8) is 0 Å². The Hall–Kier alpha value is -2.87. The minimum atomic E-state index is -0.531. The predicted octanol–water partition coefficient (Wildman–Crippen LogP) is 9.50. The molecule has 0 saturated carbocycles. The number of ether oxygens (including phenoxy) is 2. The van der Waals surface area contributed by atoms with E-state index in [9.17, 15) is 5.26 Å². The van der Waals surface area contributed by atoms with Crippen LogP contribution in [0.5, 0.6) is 11.5 Å². The molecule has 214 valence electrons. The van der Waals surface area contributed by atoms with Gasteiger partial charge in [0, 0.05) is 7.05 Å². The van der Waals surface area contributed by atoms with Crippen molar-refractivity contribution in [3.8, 4) is 17.6 Å². The second kappa shape index (κ2) is 18.4. The van der Waals surface area contributed by atoms with E-state index in [0.29, 0.717) is 5.92 Å². The van der Waals surface area contributed by atoms with Crippen molar-refractivity contribution in [1.82, 2.24) is 0 Å². The molecule has 0 bridgehead atoms. The van der Waals surface area contributed by atoms with Crippen molar-refractivity contribution in [1.29, 1.82) is 5.26 Å². The van der Waals surface area contributed by atoms with Gasteiger partial charge in [0.25, 0.3) is 0 Å². The number of nitrogens with zero attached hydrogens (tertiary/aromatic N) is 3. The summed E-state index contributed by atoms with van der Waals surface area (Å²) in [7, 11) is 5.16. The predicted molar refractivity (Wildman–Crippen MR) is 162 cm³/mol. The lowest BCUT2D eigenvalue weighted by molar-refractivity contribution is 0.258. The summed E-state index contributed by atoms with van der Waals surface area (Å²) in [5.74, 6) is 2.04. The molecule has 0 N–H and O–H groups in total. The minimum absolute atomic E-state index is 0.140. The quantitative estimate of drug-likeness (QED) is 0.126. The van der Waals surface area contributed by atoms with E-state index in [2.05, 4.69) is 54.4 Å². The summed E-state index contributed by atoms with van der Waals surface area (Å²) in [6.45, 7) is 4.50. The maximum absolute atomic E-state index is 10.9. The summed E-state index contributed by atoms with van der Waals surface area (Å²) in [5.41, 5.74) is 1.82. The SMILES string of the molecule is CCCCCC(CCCCC)C(C#N)(CCCC(CCc1cccc(OC)c1)N=NC)c1cccc(OC)c1. The molecule has 2 atom stereocenters. The van der Waals surface area contributed by atoms with Crippen LogP contribution in [0, 0.1) is 17.2 Å². The number of hydrogen-bond donors (Lipinski definition) is 0. The van der Waals surface area contributed by atoms with Crippen LogP contribution in [0.15, 0.2) is 58.8 Å². The first-order valence-corrected chi connectivity index (χ1v) is 15.0. The summed E-state index contributed by atoms with van der Waals surface area (Å²) in [6.07, 6.45) is 13.9. The molecule has 2 aromatic rings. The molecule has 0 aromatic heterocycles. The van der Waals surface area contributed by atoms with E-state index in [-0.39, 0.29) is 6.04 Å². The molecule has 0 heterocycles. The average Bonchev–Trinajstić information content (AvgIpc) is 2.98. The van der Waals surface area contributed by atoms with Gasteiger partial charge in [0.05, 0.1) is 31.7 Å². The van der Waals surface area contributed by atoms with Crippen LogP contribution in [-0.4, -0.2) is 27.3 Å². The fraction of sp³-hybridized carbons (Fsp3) is 0.618. The van der Waals surface area contributed by atoms with Crippen molar-refractivity contribution >= 4 is 0 Å². The molecular formula is C34H51N3O2. The van der Waals surface area contributed by atoms with Crippen LogP contribution >= 0.6 is 0 Å². The summed E-state index contributed by atoms with van der Waals surface area (Å²) in [5, 5.41) is 19.6. The van der Waals surface area contributed by atoms with Gasteiger partial charge < -0.3 is 9.47 Å². The van der Waals surface area contributed by atoms with E-state index in [1.807, 2.05) is 24.3 Å². The van der Waals surface area contributed by atoms with Crippen molar-refractivity contribution in [2.45, 2.75) is 109 Å². The zero-order valence-corrected chi connectivity index (χ0v) is 25.1. The molecular weight excluding hydrogens is 482 g/mol. The summed E-state index contributed by atoms with van der Waals surface area (Å²) in [6, 6.07) is 19.5. The summed E-state index contributed by atoms with van der Waals surface area (Å²) >= 11 is 0. The highest BCUT2D eigenvalue weighted by Gasteiger charge is 2.40. The number of nitriles is 1. The van der Waals surface area contributed by atoms with Gasteiger partial charge in [0.15, 0.2) is 0 Å². The number of benzene rings is 2. The van der Waals surface area contributed by atoms with Crippen LogP contribution in [0.4, 0.5) is 0 Å². The van der Waals surface area contributed by atoms with Crippen molar-refractivity contribution < 1.29 is 9.47 Å². The van der Waals surface area contributed by atoms with Crippen LogP contribution in [0.2, 0.25) is 0 Å². The Morgan fingerprint density at radius 3 is 2.05 bits per heavy atom. The van der Waals surface area contributed by atoms with Crippen molar-refractivity contribution in [3.05, 3.63) is 59.7 Å². The molecule has 0 aliphatic carbocycles. The third-order valence-electron chi connectivity index (χ3n) is 8.08. The van der Waals surface area contributed by atoms with Gasteiger partial charge >= 0.3 is 0 Å². The van der Waals surface area contributed by atoms with E-state index in [0.717, 1.165) is 62.0 Å². The zero-order valence-electron chi connectivity index (χ0n) is 25.1. The molecule has 0 fully saturated rings. The Balaban J connectivity index is 2.26. The van der Waals surface area contributed by atoms with Gasteiger partial charge in [-0.1, -0.05) is 76.6 Å². The smallest absolute Gasteiger partial charge is 0.119 e. The standard InChI is InChI=1S/C34H51N3O2/c1-6-8-10-16-29(17-11-9-7-2)34(27-35,30-18-13-21-33(26-30)39-5)24-14-19-31(37-36-3)23-22-28-15-12-20-32(25-28)38-4/h12-13,15,18,20-21,25-26,29,31H,6-11,14,16-17,19,22-24H2,1-5H3. The highest BCUT2D eigenvalue weighted by atomic mass is 16.5. The zero-order chi connectivity index (χ0) is 28.3. The lowest BCUT2D eigenvalue weighted by Gasteiger charge is -2.37. The number of aryl methyl sites for hydroxylation is 1. The number of azo groups is 1. The first kappa shape index (κ1) is 32.3. The second-order valence-electron chi connectivity index (χ2n) is 10.8. The van der Waals surface area contributed by atoms with E-state index in [1.165, 1.54) is 44.1 Å². The Morgan fingerprint density at radius 2 is 1.46 bits per heavy atom. The van der Waals surface area contributed by atoms with Crippen LogP contribution < -0.4 is 9.47 Å². The molecule has 2 unspecified atom stereocenters. The monoisotopic (exact) mass is 533 g/mol. The highest BCUT2D eigenvalue weighted by Crippen LogP contribution is 2.43. The lowest BCUT2D eigenvalue weighted by Crippen LogP contribution is -2.34. The molecule has 5 nitrogen and oxygen atoms in total. The molecule has 0 radical (unpaired) electrons. The Kier molecular flexibility index (Phi) is 15.3. The third kappa shape index (κ3) is 10.3. The van der Waals surface area contributed by atoms with Crippen LogP contribution in [0.3, 0.4) is 0 Å². The summed E-state index contributed by atoms with van der Waals surface area (Å²) < 4.78 is 11.0. The molecule has 0 saturated heterocycles. The van der Waals surface area contributed by atoms with E-state index in [1.54, 1.807) is 21.3 Å². The molecule has 0 aliphatic rings. The second-order valence-corrected chi connectivity index (χ2v) is 10.8. The van der Waals surface area contributed by atoms with Crippen molar-refractivity contribution in [2.24, 2.45) is 16.1 Å². The molecule has 0 amide bonds. The van der Waals surface area contributed by atoms with Gasteiger partial charge in [0.1, 0.15) is 11.5 Å².